The molecule has 1 aromatic heterocycles. The van der Waals surface area contributed by atoms with E-state index in [1.165, 1.54) is 24.0 Å². The second-order valence-corrected chi connectivity index (χ2v) is 10.9. The smallest absolute Gasteiger partial charge is 0.244 e. The fourth-order valence-corrected chi connectivity index (χ4v) is 7.19. The summed E-state index contributed by atoms with van der Waals surface area (Å²) in [6, 6.07) is 10.3. The zero-order valence-corrected chi connectivity index (χ0v) is 18.3. The van der Waals surface area contributed by atoms with Crippen molar-refractivity contribution in [1.29, 1.82) is 0 Å². The summed E-state index contributed by atoms with van der Waals surface area (Å²) in [5, 5.41) is 5.35. The molecule has 3 aliphatic rings. The van der Waals surface area contributed by atoms with Gasteiger partial charge in [-0.15, -0.1) is 23.1 Å². The van der Waals surface area contributed by atoms with Gasteiger partial charge in [0.15, 0.2) is 0 Å². The summed E-state index contributed by atoms with van der Waals surface area (Å²) < 4.78 is 0. The molecule has 1 aliphatic carbocycles. The largest absolute Gasteiger partial charge is 0.343 e. The van der Waals surface area contributed by atoms with Crippen LogP contribution in [0.2, 0.25) is 0 Å². The third-order valence-electron chi connectivity index (χ3n) is 6.57. The Hall–Kier alpha value is -1.79. The highest BCUT2D eigenvalue weighted by molar-refractivity contribution is 8.01. The summed E-state index contributed by atoms with van der Waals surface area (Å²) in [5.41, 5.74) is 4.01. The molecule has 2 fully saturated rings. The Morgan fingerprint density at radius 1 is 1.21 bits per heavy atom. The van der Waals surface area contributed by atoms with Crippen LogP contribution in [0.25, 0.3) is 0 Å². The fourth-order valence-electron chi connectivity index (χ4n) is 4.96. The Labute approximate surface area is 180 Å². The Morgan fingerprint density at radius 3 is 2.83 bits per heavy atom. The standard InChI is InChI=1S/C23H26N2O2S2/c1-23-11-10-20(26)25(23)18(14-29-23)22(27)24-21(19-7-4-12-28-19)17-9-8-15-5-2-3-6-16(15)13-17/h4,7-9,12-13,18,21H,2-3,5-6,10-11,14H2,1H3,(H,24,27). The second-order valence-electron chi connectivity index (χ2n) is 8.46. The first-order valence-corrected chi connectivity index (χ1v) is 12.3. The number of benzene rings is 1. The van der Waals surface area contributed by atoms with Crippen LogP contribution >= 0.6 is 23.1 Å². The molecule has 3 heterocycles. The topological polar surface area (TPSA) is 49.4 Å². The first-order valence-electron chi connectivity index (χ1n) is 10.5. The molecule has 0 radical (unpaired) electrons. The molecule has 1 aromatic carbocycles. The SMILES string of the molecule is CC12CCC(=O)N1C(C(=O)NC(c1ccc3c(c1)CCCC3)c1cccs1)CS2. The maximum absolute atomic E-state index is 13.3. The van der Waals surface area contributed by atoms with Crippen molar-refractivity contribution in [2.75, 3.05) is 5.75 Å². The molecule has 2 aliphatic heterocycles. The number of nitrogens with one attached hydrogen (secondary N) is 1. The molecule has 1 N–H and O–H groups in total. The first-order chi connectivity index (χ1) is 14.0. The Morgan fingerprint density at radius 2 is 2.03 bits per heavy atom. The minimum absolute atomic E-state index is 0.0346. The van der Waals surface area contributed by atoms with Gasteiger partial charge in [-0.05, 0) is 67.2 Å². The third-order valence-corrected chi connectivity index (χ3v) is 9.01. The van der Waals surface area contributed by atoms with Crippen LogP contribution in [-0.4, -0.2) is 33.4 Å². The van der Waals surface area contributed by atoms with Crippen LogP contribution in [0.1, 0.15) is 60.2 Å². The van der Waals surface area contributed by atoms with Crippen molar-refractivity contribution in [3.05, 3.63) is 57.3 Å². The summed E-state index contributed by atoms with van der Waals surface area (Å²) in [4.78, 5) is 28.5. The minimum Gasteiger partial charge on any atom is -0.343 e. The van der Waals surface area contributed by atoms with E-state index in [-0.39, 0.29) is 28.8 Å². The van der Waals surface area contributed by atoms with Gasteiger partial charge in [-0.25, -0.2) is 0 Å². The van der Waals surface area contributed by atoms with Crippen molar-refractivity contribution >= 4 is 34.9 Å². The van der Waals surface area contributed by atoms with E-state index in [4.69, 9.17) is 0 Å². The summed E-state index contributed by atoms with van der Waals surface area (Å²) in [6.45, 7) is 2.09. The van der Waals surface area contributed by atoms with Crippen molar-refractivity contribution < 1.29 is 9.59 Å². The second kappa shape index (κ2) is 7.47. The Kier molecular flexibility index (Phi) is 4.95. The average molecular weight is 427 g/mol. The highest BCUT2D eigenvalue weighted by atomic mass is 32.2. The molecule has 0 saturated carbocycles. The minimum atomic E-state index is -0.375. The summed E-state index contributed by atoms with van der Waals surface area (Å²) in [7, 11) is 0. The average Bonchev–Trinajstić information content (AvgIpc) is 3.44. The highest BCUT2D eigenvalue weighted by Gasteiger charge is 2.53. The van der Waals surface area contributed by atoms with Crippen molar-refractivity contribution in [2.45, 2.75) is 62.4 Å². The molecule has 152 valence electrons. The molecule has 6 heteroatoms. The Bertz CT molecular complexity index is 942. The monoisotopic (exact) mass is 426 g/mol. The molecule has 2 saturated heterocycles. The maximum Gasteiger partial charge on any atom is 0.244 e. The van der Waals surface area contributed by atoms with E-state index in [1.54, 1.807) is 23.1 Å². The quantitative estimate of drug-likeness (QED) is 0.794. The molecule has 0 spiro atoms. The van der Waals surface area contributed by atoms with Crippen LogP contribution in [0.3, 0.4) is 0 Å². The van der Waals surface area contributed by atoms with Gasteiger partial charge in [0.2, 0.25) is 11.8 Å². The van der Waals surface area contributed by atoms with Crippen LogP contribution in [0.4, 0.5) is 0 Å². The zero-order chi connectivity index (χ0) is 20.0. The van der Waals surface area contributed by atoms with E-state index in [0.717, 1.165) is 29.7 Å². The lowest BCUT2D eigenvalue weighted by atomic mass is 9.89. The number of carbonyl (C=O) groups excluding carboxylic acids is 2. The van der Waals surface area contributed by atoms with Crippen LogP contribution < -0.4 is 5.32 Å². The number of fused-ring (bicyclic) bond motifs is 2. The third kappa shape index (κ3) is 3.40. The van der Waals surface area contributed by atoms with Gasteiger partial charge in [0.1, 0.15) is 6.04 Å². The van der Waals surface area contributed by atoms with Gasteiger partial charge in [-0.1, -0.05) is 24.3 Å². The van der Waals surface area contributed by atoms with Gasteiger partial charge in [0, 0.05) is 17.1 Å². The van der Waals surface area contributed by atoms with Gasteiger partial charge in [-0.3, -0.25) is 9.59 Å². The molecule has 2 amide bonds. The summed E-state index contributed by atoms with van der Waals surface area (Å²) in [6.07, 6.45) is 6.15. The molecular weight excluding hydrogens is 400 g/mol. The molecule has 4 nitrogen and oxygen atoms in total. The number of aryl methyl sites for hydroxylation is 2. The van der Waals surface area contributed by atoms with Gasteiger partial charge in [0.25, 0.3) is 0 Å². The number of thioether (sulfide) groups is 1. The maximum atomic E-state index is 13.3. The number of hydrogen-bond donors (Lipinski definition) is 1. The van der Waals surface area contributed by atoms with E-state index >= 15 is 0 Å². The number of nitrogens with zero attached hydrogens (tertiary/aromatic N) is 1. The normalized spacial score (nSPS) is 26.9. The van der Waals surface area contributed by atoms with Crippen LogP contribution in [0.5, 0.6) is 0 Å². The molecule has 2 aromatic rings. The van der Waals surface area contributed by atoms with Gasteiger partial charge >= 0.3 is 0 Å². The van der Waals surface area contributed by atoms with Gasteiger partial charge in [0.05, 0.1) is 10.9 Å². The molecular formula is C23H26N2O2S2. The Balaban J connectivity index is 1.43. The van der Waals surface area contributed by atoms with Crippen LogP contribution in [-0.2, 0) is 22.4 Å². The van der Waals surface area contributed by atoms with Crippen molar-refractivity contribution in [3.8, 4) is 0 Å². The van der Waals surface area contributed by atoms with E-state index < -0.39 is 0 Å². The predicted molar refractivity (Wildman–Crippen MR) is 118 cm³/mol. The van der Waals surface area contributed by atoms with E-state index in [9.17, 15) is 9.59 Å². The predicted octanol–water partition coefficient (Wildman–Crippen LogP) is 4.29. The van der Waals surface area contributed by atoms with E-state index in [0.29, 0.717) is 12.2 Å². The highest BCUT2D eigenvalue weighted by Crippen LogP contribution is 2.47. The van der Waals surface area contributed by atoms with Crippen LogP contribution in [0, 0.1) is 0 Å². The van der Waals surface area contributed by atoms with Gasteiger partial charge < -0.3 is 10.2 Å². The molecule has 3 atom stereocenters. The first kappa shape index (κ1) is 19.2. The number of carbonyl (C=O) groups is 2. The lowest BCUT2D eigenvalue weighted by Gasteiger charge is -2.31. The molecule has 0 bridgehead atoms. The van der Waals surface area contributed by atoms with Crippen LogP contribution in [0.15, 0.2) is 35.7 Å². The number of rotatable bonds is 4. The van der Waals surface area contributed by atoms with Crippen molar-refractivity contribution in [1.82, 2.24) is 10.2 Å². The molecule has 3 unspecified atom stereocenters. The number of thiophene rings is 1. The van der Waals surface area contributed by atoms with E-state index in [1.807, 2.05) is 11.0 Å². The number of hydrogen-bond acceptors (Lipinski definition) is 4. The van der Waals surface area contributed by atoms with Gasteiger partial charge in [-0.2, -0.15) is 0 Å². The van der Waals surface area contributed by atoms with E-state index in [2.05, 4.69) is 41.9 Å². The molecule has 29 heavy (non-hydrogen) atoms. The fraction of sp³-hybridized carbons (Fsp3) is 0.478. The summed E-state index contributed by atoms with van der Waals surface area (Å²) in [5.74, 6) is 0.752. The lowest BCUT2D eigenvalue weighted by molar-refractivity contribution is -0.138. The van der Waals surface area contributed by atoms with Crippen molar-refractivity contribution in [3.63, 3.8) is 0 Å². The number of amides is 2. The molecule has 5 rings (SSSR count). The summed E-state index contributed by atoms with van der Waals surface area (Å²) >= 11 is 3.41. The van der Waals surface area contributed by atoms with Crippen molar-refractivity contribution in [2.24, 2.45) is 0 Å². The zero-order valence-electron chi connectivity index (χ0n) is 16.6. The lowest BCUT2D eigenvalue weighted by Crippen LogP contribution is -2.50.